The summed E-state index contributed by atoms with van der Waals surface area (Å²) < 4.78 is 16.3. The molecule has 0 bridgehead atoms. The maximum Gasteiger partial charge on any atom is 0.338 e. The quantitative estimate of drug-likeness (QED) is 0.387. The SMILES string of the molecule is CCC(CC)CC1=CCC(CC(CCOC(=O)c2ccccc2)C(=O)OC)OC1. The fraction of sp³-hybridized carbons (Fsp3) is 0.583. The fourth-order valence-corrected chi connectivity index (χ4v) is 3.67. The van der Waals surface area contributed by atoms with Crippen LogP contribution in [0.2, 0.25) is 0 Å². The van der Waals surface area contributed by atoms with Gasteiger partial charge in [-0.25, -0.2) is 4.79 Å². The highest BCUT2D eigenvalue weighted by Crippen LogP contribution is 2.26. The van der Waals surface area contributed by atoms with Gasteiger partial charge >= 0.3 is 11.9 Å². The molecule has 1 aromatic rings. The van der Waals surface area contributed by atoms with E-state index in [1.54, 1.807) is 24.3 Å². The van der Waals surface area contributed by atoms with Gasteiger partial charge in [-0.15, -0.1) is 0 Å². The first-order valence-electron chi connectivity index (χ1n) is 10.7. The molecule has 29 heavy (non-hydrogen) atoms. The molecule has 160 valence electrons. The maximum absolute atomic E-state index is 12.2. The first-order valence-corrected chi connectivity index (χ1v) is 10.7. The van der Waals surface area contributed by atoms with Crippen molar-refractivity contribution in [2.24, 2.45) is 11.8 Å². The highest BCUT2D eigenvalue weighted by atomic mass is 16.5. The summed E-state index contributed by atoms with van der Waals surface area (Å²) in [5.74, 6) is -0.292. The van der Waals surface area contributed by atoms with E-state index in [0.717, 1.165) is 12.8 Å². The third-order valence-electron chi connectivity index (χ3n) is 5.67. The van der Waals surface area contributed by atoms with Gasteiger partial charge in [0.2, 0.25) is 0 Å². The van der Waals surface area contributed by atoms with E-state index < -0.39 is 0 Å². The van der Waals surface area contributed by atoms with E-state index in [1.807, 2.05) is 6.07 Å². The number of hydrogen-bond donors (Lipinski definition) is 0. The Kier molecular flexibility index (Phi) is 9.92. The van der Waals surface area contributed by atoms with Crippen molar-refractivity contribution in [3.05, 3.63) is 47.5 Å². The number of benzene rings is 1. The Hall–Kier alpha value is -2.14. The molecule has 1 aliphatic heterocycles. The summed E-state index contributed by atoms with van der Waals surface area (Å²) in [4.78, 5) is 24.2. The molecule has 0 aromatic heterocycles. The Morgan fingerprint density at radius 3 is 2.48 bits per heavy atom. The number of methoxy groups -OCH3 is 1. The zero-order valence-electron chi connectivity index (χ0n) is 17.9. The lowest BCUT2D eigenvalue weighted by atomic mass is 9.91. The molecule has 5 nitrogen and oxygen atoms in total. The molecule has 0 N–H and O–H groups in total. The van der Waals surface area contributed by atoms with Crippen molar-refractivity contribution in [1.82, 2.24) is 0 Å². The van der Waals surface area contributed by atoms with Crippen LogP contribution in [0.3, 0.4) is 0 Å². The molecule has 0 spiro atoms. The molecule has 1 aliphatic rings. The number of esters is 2. The van der Waals surface area contributed by atoms with E-state index in [4.69, 9.17) is 14.2 Å². The predicted molar refractivity (Wildman–Crippen MR) is 113 cm³/mol. The van der Waals surface area contributed by atoms with Crippen molar-refractivity contribution in [2.45, 2.75) is 58.5 Å². The molecular weight excluding hydrogens is 368 g/mol. The second kappa shape index (κ2) is 12.4. The van der Waals surface area contributed by atoms with Crippen LogP contribution in [0.1, 0.15) is 62.7 Å². The summed E-state index contributed by atoms with van der Waals surface area (Å²) in [6.07, 6.45) is 7.54. The molecule has 1 heterocycles. The third kappa shape index (κ3) is 7.65. The number of carbonyl (C=O) groups excluding carboxylic acids is 2. The smallest absolute Gasteiger partial charge is 0.338 e. The normalized spacial score (nSPS) is 17.5. The minimum atomic E-state index is -0.378. The van der Waals surface area contributed by atoms with E-state index in [1.165, 1.54) is 25.5 Å². The lowest BCUT2D eigenvalue weighted by Gasteiger charge is -2.27. The van der Waals surface area contributed by atoms with Crippen molar-refractivity contribution in [3.8, 4) is 0 Å². The van der Waals surface area contributed by atoms with Gasteiger partial charge in [0.25, 0.3) is 0 Å². The predicted octanol–water partition coefficient (Wildman–Crippen LogP) is 4.95. The molecule has 0 radical (unpaired) electrons. The number of carbonyl (C=O) groups is 2. The standard InChI is InChI=1S/C24H34O5/c1-4-18(5-2)15-19-11-12-22(29-17-19)16-21(23(25)27-3)13-14-28-24(26)20-9-7-6-8-10-20/h6-11,18,21-22H,4-5,12-17H2,1-3H3. The van der Waals surface area contributed by atoms with E-state index in [2.05, 4.69) is 19.9 Å². The van der Waals surface area contributed by atoms with Crippen LogP contribution in [0.5, 0.6) is 0 Å². The third-order valence-corrected chi connectivity index (χ3v) is 5.67. The Morgan fingerprint density at radius 1 is 1.17 bits per heavy atom. The largest absolute Gasteiger partial charge is 0.469 e. The number of hydrogen-bond acceptors (Lipinski definition) is 5. The zero-order valence-corrected chi connectivity index (χ0v) is 17.9. The van der Waals surface area contributed by atoms with Crippen molar-refractivity contribution in [2.75, 3.05) is 20.3 Å². The lowest BCUT2D eigenvalue weighted by molar-refractivity contribution is -0.147. The molecule has 5 heteroatoms. The van der Waals surface area contributed by atoms with Gasteiger partial charge in [0, 0.05) is 0 Å². The highest BCUT2D eigenvalue weighted by molar-refractivity contribution is 5.89. The van der Waals surface area contributed by atoms with Crippen LogP contribution in [0, 0.1) is 11.8 Å². The number of ether oxygens (including phenoxy) is 3. The van der Waals surface area contributed by atoms with Crippen LogP contribution in [-0.4, -0.2) is 38.4 Å². The summed E-state index contributed by atoms with van der Waals surface area (Å²) in [7, 11) is 1.39. The Bertz CT molecular complexity index is 663. The molecule has 2 unspecified atom stereocenters. The molecule has 2 rings (SSSR count). The van der Waals surface area contributed by atoms with Crippen molar-refractivity contribution in [3.63, 3.8) is 0 Å². The monoisotopic (exact) mass is 402 g/mol. The maximum atomic E-state index is 12.2. The Morgan fingerprint density at radius 2 is 1.90 bits per heavy atom. The van der Waals surface area contributed by atoms with Crippen LogP contribution in [0.4, 0.5) is 0 Å². The fourth-order valence-electron chi connectivity index (χ4n) is 3.67. The van der Waals surface area contributed by atoms with Crippen molar-refractivity contribution < 1.29 is 23.8 Å². The molecule has 0 fully saturated rings. The first kappa shape index (κ1) is 23.1. The van der Waals surface area contributed by atoms with Crippen LogP contribution >= 0.6 is 0 Å². The van der Waals surface area contributed by atoms with Gasteiger partial charge in [-0.05, 0) is 49.3 Å². The Balaban J connectivity index is 1.82. The summed E-state index contributed by atoms with van der Waals surface area (Å²) in [6, 6.07) is 8.85. The Labute approximate surface area is 174 Å². The van der Waals surface area contributed by atoms with Gasteiger partial charge in [-0.1, -0.05) is 51.0 Å². The van der Waals surface area contributed by atoms with Crippen molar-refractivity contribution >= 4 is 11.9 Å². The van der Waals surface area contributed by atoms with Crippen LogP contribution in [-0.2, 0) is 19.0 Å². The minimum absolute atomic E-state index is 0.00521. The van der Waals surface area contributed by atoms with Gasteiger partial charge in [0.15, 0.2) is 0 Å². The van der Waals surface area contributed by atoms with Crippen molar-refractivity contribution in [1.29, 1.82) is 0 Å². The molecule has 0 amide bonds. The summed E-state index contributed by atoms with van der Waals surface area (Å²) in [5.41, 5.74) is 1.87. The lowest BCUT2D eigenvalue weighted by Crippen LogP contribution is -2.28. The minimum Gasteiger partial charge on any atom is -0.469 e. The van der Waals surface area contributed by atoms with Gasteiger partial charge in [-0.2, -0.15) is 0 Å². The topological polar surface area (TPSA) is 61.8 Å². The first-order chi connectivity index (χ1) is 14.1. The van der Waals surface area contributed by atoms with Gasteiger partial charge < -0.3 is 14.2 Å². The van der Waals surface area contributed by atoms with E-state index in [-0.39, 0.29) is 30.6 Å². The molecule has 0 saturated carbocycles. The van der Waals surface area contributed by atoms with Crippen LogP contribution < -0.4 is 0 Å². The van der Waals surface area contributed by atoms with E-state index in [0.29, 0.717) is 30.9 Å². The van der Waals surface area contributed by atoms with Gasteiger partial charge in [0.1, 0.15) is 0 Å². The van der Waals surface area contributed by atoms with Gasteiger partial charge in [-0.3, -0.25) is 4.79 Å². The average Bonchev–Trinajstić information content (AvgIpc) is 2.77. The molecule has 0 aliphatic carbocycles. The molecular formula is C24H34O5. The zero-order chi connectivity index (χ0) is 21.1. The van der Waals surface area contributed by atoms with E-state index >= 15 is 0 Å². The summed E-state index contributed by atoms with van der Waals surface area (Å²) in [5, 5.41) is 0. The highest BCUT2D eigenvalue weighted by Gasteiger charge is 2.26. The van der Waals surface area contributed by atoms with Crippen LogP contribution in [0.25, 0.3) is 0 Å². The molecule has 1 aromatic carbocycles. The summed E-state index contributed by atoms with van der Waals surface area (Å²) >= 11 is 0. The number of rotatable bonds is 11. The van der Waals surface area contributed by atoms with Crippen LogP contribution in [0.15, 0.2) is 42.0 Å². The molecule has 2 atom stereocenters. The molecule has 0 saturated heterocycles. The summed E-state index contributed by atoms with van der Waals surface area (Å²) in [6.45, 7) is 5.27. The second-order valence-corrected chi connectivity index (χ2v) is 7.66. The van der Waals surface area contributed by atoms with Gasteiger partial charge in [0.05, 0.1) is 37.9 Å². The second-order valence-electron chi connectivity index (χ2n) is 7.66. The van der Waals surface area contributed by atoms with E-state index in [9.17, 15) is 9.59 Å². The average molecular weight is 403 g/mol.